The number of aromatic nitrogens is 5. The molecule has 6 atom stereocenters. The number of nitrogens with one attached hydrogen (secondary N) is 1. The number of β-amino-alcohol motifs (C(OH)–C–C–N with tert-alkyl or cyclic N) is 1. The first kappa shape index (κ1) is 51.8. The predicted octanol–water partition coefficient (Wildman–Crippen LogP) is 6.68. The van der Waals surface area contributed by atoms with E-state index in [1.165, 1.54) is 11.3 Å². The molecule has 20 nitrogen and oxygen atoms in total. The largest absolute Gasteiger partial charge is 0.507 e. The summed E-state index contributed by atoms with van der Waals surface area (Å²) in [6.45, 7) is 12.1. The van der Waals surface area contributed by atoms with Gasteiger partial charge in [-0.1, -0.05) is 50.2 Å². The summed E-state index contributed by atoms with van der Waals surface area (Å²) in [5, 5.41) is 36.9. The smallest absolute Gasteiger partial charge is 0.254 e. The molecule has 406 valence electrons. The van der Waals surface area contributed by atoms with Crippen LogP contribution in [-0.2, 0) is 14.3 Å². The zero-order valence-electron chi connectivity index (χ0n) is 44.1. The molecule has 2 aromatic carbocycles. The number of aliphatic hydroxyl groups excluding tert-OH is 1. The van der Waals surface area contributed by atoms with E-state index >= 15 is 0 Å². The number of fused-ring (bicyclic) bond motifs is 2. The van der Waals surface area contributed by atoms with Crippen LogP contribution in [0.4, 0.5) is 17.2 Å². The third-order valence-corrected chi connectivity index (χ3v) is 16.1. The number of nitrogens with two attached hydrogens (primary N) is 1. The Morgan fingerprint density at radius 3 is 2.36 bits per heavy atom. The number of aliphatic hydroxyl groups is 1. The predicted molar refractivity (Wildman–Crippen MR) is 286 cm³/mol. The average molecular weight is 1050 g/mol. The highest BCUT2D eigenvalue weighted by molar-refractivity contribution is 5.91. The van der Waals surface area contributed by atoms with Crippen molar-refractivity contribution in [1.29, 1.82) is 0 Å². The number of hydrogen-bond donors (Lipinski definition) is 4. The number of anilines is 3. The number of hydrogen-bond acceptors (Lipinski definition) is 18. The number of amides is 2. The van der Waals surface area contributed by atoms with Gasteiger partial charge in [-0.15, -0.1) is 10.2 Å². The first-order valence-electron chi connectivity index (χ1n) is 27.2. The van der Waals surface area contributed by atoms with Crippen molar-refractivity contribution in [3.63, 3.8) is 0 Å². The molecule has 2 unspecified atom stereocenters. The minimum atomic E-state index is -0.846. The summed E-state index contributed by atoms with van der Waals surface area (Å²) in [5.74, 6) is 0.963. The second-order valence-corrected chi connectivity index (χ2v) is 21.7. The molecule has 77 heavy (non-hydrogen) atoms. The Labute approximate surface area is 447 Å². The van der Waals surface area contributed by atoms with Crippen LogP contribution in [0.2, 0.25) is 0 Å². The molecular formula is C57H69N11O9. The summed E-state index contributed by atoms with van der Waals surface area (Å²) < 4.78 is 30.3. The maximum absolute atomic E-state index is 14.2. The maximum atomic E-state index is 14.2. The number of para-hydroxylation sites is 1. The van der Waals surface area contributed by atoms with E-state index in [9.17, 15) is 19.8 Å². The zero-order chi connectivity index (χ0) is 53.3. The van der Waals surface area contributed by atoms with Gasteiger partial charge in [-0.2, -0.15) is 0 Å². The molecule has 20 heteroatoms. The Kier molecular flexibility index (Phi) is 15.0. The van der Waals surface area contributed by atoms with Crippen LogP contribution >= 0.6 is 0 Å². The van der Waals surface area contributed by atoms with Crippen LogP contribution in [0.15, 0.2) is 94.3 Å². The van der Waals surface area contributed by atoms with Crippen molar-refractivity contribution in [2.24, 2.45) is 5.92 Å². The summed E-state index contributed by atoms with van der Waals surface area (Å²) >= 11 is 0. The number of nitrogens with zero attached hydrogens (tertiary/aromatic N) is 9. The van der Waals surface area contributed by atoms with Gasteiger partial charge in [0.25, 0.3) is 5.88 Å². The fraction of sp³-hybridized carbons (Fsp3) is 0.491. The SMILES string of the molecule is Cc1ncoc1-c1ccc([C@H](C)NC(=O)[C@@H]2C[C@@H](O)CN2C(=O)[C@@H](c2cc(OCCN3CCC(O[C@H]4C[C@H](Oc5cc(N6C7CCC6CN(c6cc(-c8ccccc8O)nnc6N)C7)ccn5)C4)CC3)no2)C(C)C)cc1. The number of phenols is 1. The number of phenolic OH excluding ortho intramolecular Hbond substituents is 1. The van der Waals surface area contributed by atoms with Gasteiger partial charge in [-0.3, -0.25) is 14.5 Å². The molecule has 4 aromatic heterocycles. The Balaban J connectivity index is 0.601. The van der Waals surface area contributed by atoms with Crippen molar-refractivity contribution < 1.29 is 43.0 Å². The normalized spacial score (nSPS) is 23.5. The highest BCUT2D eigenvalue weighted by Crippen LogP contribution is 2.41. The summed E-state index contributed by atoms with van der Waals surface area (Å²) in [6.07, 6.45) is 8.59. The first-order valence-corrected chi connectivity index (χ1v) is 27.2. The van der Waals surface area contributed by atoms with E-state index < -0.39 is 18.1 Å². The fourth-order valence-corrected chi connectivity index (χ4v) is 11.9. The number of aromatic hydroxyl groups is 1. The number of carbonyl (C=O) groups excluding carboxylic acids is 2. The lowest BCUT2D eigenvalue weighted by Crippen LogP contribution is -2.54. The quantitative estimate of drug-likeness (QED) is 0.0701. The second-order valence-electron chi connectivity index (χ2n) is 21.7. The molecule has 5 aliphatic rings. The van der Waals surface area contributed by atoms with Crippen LogP contribution in [0, 0.1) is 12.8 Å². The van der Waals surface area contributed by atoms with E-state index in [1.807, 2.05) is 76.4 Å². The van der Waals surface area contributed by atoms with Crippen LogP contribution < -0.4 is 30.3 Å². The summed E-state index contributed by atoms with van der Waals surface area (Å²) in [7, 11) is 0. The molecular weight excluding hydrogens is 983 g/mol. The van der Waals surface area contributed by atoms with Crippen LogP contribution in [0.5, 0.6) is 17.5 Å². The van der Waals surface area contributed by atoms with Crippen molar-refractivity contribution >= 4 is 29.0 Å². The number of nitrogen functional groups attached to an aromatic ring is 1. The first-order chi connectivity index (χ1) is 37.3. The molecule has 8 heterocycles. The molecule has 0 spiro atoms. The van der Waals surface area contributed by atoms with E-state index in [0.29, 0.717) is 53.5 Å². The molecule has 4 aliphatic heterocycles. The number of piperidine rings is 1. The lowest BCUT2D eigenvalue weighted by molar-refractivity contribution is -0.141. The highest BCUT2D eigenvalue weighted by atomic mass is 16.5. The van der Waals surface area contributed by atoms with Gasteiger partial charge in [0.2, 0.25) is 17.7 Å². The number of oxazole rings is 1. The van der Waals surface area contributed by atoms with Crippen LogP contribution in [0.1, 0.15) is 94.7 Å². The standard InChI is InChI=1S/C57H69N11O9/c1-33(2)53(57(72)67-31-41(69)24-48(67)56(71)61-34(3)36-9-11-37(12-10-36)54-35(4)60-32-74-54)50-28-52(64-77-50)73-22-21-65-19-16-42(17-20-65)75-43-25-44(26-43)76-51-23-38(15-18-59-51)68-39-13-14-40(68)30-66(29-39)47-27-46(62-63-55(47)58)45-7-5-6-8-49(45)70/h5-12,15,18,23,27-28,32-34,39-44,48,53,69-70H,13-14,16-17,19-22,24-26,29-31H2,1-4H3,(H2,58,63)(H,61,71)/t34-,39?,40?,41+,43-,44-,48-,53+/m0/s1. The minimum Gasteiger partial charge on any atom is -0.507 e. The fourth-order valence-electron chi connectivity index (χ4n) is 11.9. The number of aryl methyl sites for hydroxylation is 1. The Morgan fingerprint density at radius 2 is 1.64 bits per heavy atom. The van der Waals surface area contributed by atoms with E-state index in [-0.39, 0.29) is 72.9 Å². The maximum Gasteiger partial charge on any atom is 0.254 e. The summed E-state index contributed by atoms with van der Waals surface area (Å²) in [4.78, 5) is 45.4. The second kappa shape index (κ2) is 22.4. The summed E-state index contributed by atoms with van der Waals surface area (Å²) in [5.41, 5.74) is 12.1. The number of likely N-dealkylation sites (tertiary alicyclic amines) is 2. The average Bonchev–Trinajstić information content (AvgIpc) is 4.22. The Hall–Kier alpha value is -7.29. The molecule has 5 fully saturated rings. The van der Waals surface area contributed by atoms with Crippen LogP contribution in [0.3, 0.4) is 0 Å². The lowest BCUT2D eigenvalue weighted by Gasteiger charge is -2.43. The van der Waals surface area contributed by atoms with Crippen LogP contribution in [0.25, 0.3) is 22.6 Å². The third-order valence-electron chi connectivity index (χ3n) is 16.1. The highest BCUT2D eigenvalue weighted by Gasteiger charge is 2.45. The topological polar surface area (TPSA) is 244 Å². The molecule has 1 saturated carbocycles. The van der Waals surface area contributed by atoms with Gasteiger partial charge in [0.15, 0.2) is 23.7 Å². The monoisotopic (exact) mass is 1050 g/mol. The van der Waals surface area contributed by atoms with Gasteiger partial charge in [-0.25, -0.2) is 9.97 Å². The molecule has 4 saturated heterocycles. The third kappa shape index (κ3) is 11.3. The van der Waals surface area contributed by atoms with E-state index in [0.717, 1.165) is 92.9 Å². The van der Waals surface area contributed by atoms with Gasteiger partial charge >= 0.3 is 0 Å². The number of pyridine rings is 1. The van der Waals surface area contributed by atoms with Crippen molar-refractivity contribution in [1.82, 2.24) is 40.4 Å². The van der Waals surface area contributed by atoms with E-state index in [4.69, 9.17) is 28.9 Å². The van der Waals surface area contributed by atoms with Crippen molar-refractivity contribution in [3.05, 3.63) is 102 Å². The van der Waals surface area contributed by atoms with Gasteiger partial charge in [0.1, 0.15) is 30.4 Å². The van der Waals surface area contributed by atoms with Gasteiger partial charge in [0.05, 0.1) is 41.4 Å². The van der Waals surface area contributed by atoms with Gasteiger partial charge in [0, 0.05) is 106 Å². The summed E-state index contributed by atoms with van der Waals surface area (Å²) in [6, 6.07) is 22.0. The number of ether oxygens (including phenoxy) is 3. The minimum absolute atomic E-state index is 0.0413. The van der Waals surface area contributed by atoms with Crippen LogP contribution in [-0.4, -0.2) is 146 Å². The van der Waals surface area contributed by atoms with Crippen molar-refractivity contribution in [2.75, 3.05) is 61.4 Å². The van der Waals surface area contributed by atoms with Crippen molar-refractivity contribution in [2.45, 2.75) is 127 Å². The molecule has 0 radical (unpaired) electrons. The van der Waals surface area contributed by atoms with E-state index in [1.54, 1.807) is 18.2 Å². The van der Waals surface area contributed by atoms with E-state index in [2.05, 4.69) is 57.5 Å². The number of carbonyl (C=O) groups is 2. The van der Waals surface area contributed by atoms with Gasteiger partial charge in [-0.05, 0) is 80.4 Å². The Morgan fingerprint density at radius 1 is 0.870 bits per heavy atom. The van der Waals surface area contributed by atoms with Gasteiger partial charge < -0.3 is 59.1 Å². The molecule has 6 aromatic rings. The zero-order valence-corrected chi connectivity index (χ0v) is 44.1. The molecule has 11 rings (SSSR count). The Bertz CT molecular complexity index is 3000. The molecule has 2 amide bonds. The lowest BCUT2D eigenvalue weighted by atomic mass is 9.91. The molecule has 1 aliphatic carbocycles. The van der Waals surface area contributed by atoms with Crippen molar-refractivity contribution in [3.8, 4) is 40.1 Å². The molecule has 2 bridgehead atoms. The molecule has 5 N–H and O–H groups in total. The number of benzene rings is 2. The number of piperazine rings is 1. The number of rotatable bonds is 18.